The lowest BCUT2D eigenvalue weighted by molar-refractivity contribution is 0.589. The van der Waals surface area contributed by atoms with Crippen LogP contribution >= 0.6 is 7.14 Å². The van der Waals surface area contributed by atoms with Gasteiger partial charge in [0.05, 0.1) is 22.3 Å². The molecule has 0 bridgehead atoms. The summed E-state index contributed by atoms with van der Waals surface area (Å²) in [6, 6.07) is 59.3. The first-order valence-electron chi connectivity index (χ1n) is 23.9. The Hall–Kier alpha value is -7.58. The Morgan fingerprint density at radius 2 is 1.34 bits per heavy atom. The molecule has 2 aromatic heterocycles. The van der Waals surface area contributed by atoms with Crippen LogP contribution in [0.5, 0.6) is 0 Å². The number of pyridine rings is 1. The molecular weight excluding hydrogens is 844 g/mol. The lowest BCUT2D eigenvalue weighted by atomic mass is 9.70. The molecule has 328 valence electrons. The van der Waals surface area contributed by atoms with Crippen molar-refractivity contribution >= 4 is 51.4 Å². The Labute approximate surface area is 398 Å². The highest BCUT2D eigenvalue weighted by Gasteiger charge is 2.51. The van der Waals surface area contributed by atoms with Gasteiger partial charge in [-0.1, -0.05) is 196 Å². The van der Waals surface area contributed by atoms with E-state index < -0.39 is 12.6 Å². The van der Waals surface area contributed by atoms with E-state index in [2.05, 4.69) is 183 Å². The summed E-state index contributed by atoms with van der Waals surface area (Å²) in [5.74, 6) is 0. The fraction of sp³-hybridized carbons (Fsp3) is 0.109. The first kappa shape index (κ1) is 41.8. The molecule has 0 N–H and O–H groups in total. The molecule has 9 aromatic rings. The largest absolute Gasteiger partial charge is 0.309 e. The highest BCUT2D eigenvalue weighted by Crippen LogP contribution is 2.63. The number of aryl methyl sites for hydroxylation is 1. The van der Waals surface area contributed by atoms with Crippen molar-refractivity contribution < 1.29 is 4.57 Å². The molecule has 0 fully saturated rings. The second-order valence-electron chi connectivity index (χ2n) is 18.3. The minimum absolute atomic E-state index is 0.511. The van der Waals surface area contributed by atoms with Crippen molar-refractivity contribution in [2.45, 2.75) is 45.4 Å². The van der Waals surface area contributed by atoms with Crippen molar-refractivity contribution in [2.75, 3.05) is 0 Å². The average molecular weight is 895 g/mol. The van der Waals surface area contributed by atoms with Gasteiger partial charge in [-0.25, -0.2) is 4.98 Å². The van der Waals surface area contributed by atoms with Gasteiger partial charge in [-0.2, -0.15) is 0 Å². The fourth-order valence-corrected chi connectivity index (χ4v) is 14.3. The molecule has 0 aliphatic heterocycles. The average Bonchev–Trinajstić information content (AvgIpc) is 4.01. The van der Waals surface area contributed by atoms with E-state index in [0.717, 1.165) is 52.2 Å². The second-order valence-corrected chi connectivity index (χ2v) is 21.2. The first-order chi connectivity index (χ1) is 33.4. The Balaban J connectivity index is 0.974. The van der Waals surface area contributed by atoms with Crippen molar-refractivity contribution in [3.63, 3.8) is 0 Å². The summed E-state index contributed by atoms with van der Waals surface area (Å²) in [5.41, 5.74) is 18.7. The standard InChI is InChI=1S/C64H51N2OP/c1-5-18-48(19-6-2)68(67,49-20-8-7-9-21-49)42(3)30-37-50-43(4)64(57-25-13-10-22-52(57)53-23-11-14-26-58(53)64)59-41-47(36-39-54(50)59)45-33-31-44(32-34-45)46-35-38-51-55-24-12-16-28-61(55)66-62-29-17-15-27-60(62)65-63(66)56(51)40-46/h5,7-14,16-26,28-41H,3,6,15,27H2,1-2,4H3/b18-5-,37-30-,48-19+. The van der Waals surface area contributed by atoms with E-state index in [0.29, 0.717) is 5.31 Å². The van der Waals surface area contributed by atoms with E-state index in [9.17, 15) is 0 Å². The molecule has 68 heavy (non-hydrogen) atoms. The number of benzene rings is 7. The maximum atomic E-state index is 15.5. The third-order valence-electron chi connectivity index (χ3n) is 14.8. The molecule has 3 nitrogen and oxygen atoms in total. The molecule has 1 spiro atoms. The van der Waals surface area contributed by atoms with Crippen LogP contribution in [-0.4, -0.2) is 9.38 Å². The second kappa shape index (κ2) is 16.3. The molecule has 0 saturated heterocycles. The minimum atomic E-state index is -3.25. The maximum Gasteiger partial charge on any atom is 0.170 e. The highest BCUT2D eigenvalue weighted by molar-refractivity contribution is 7.79. The zero-order chi connectivity index (χ0) is 46.1. The molecule has 0 radical (unpaired) electrons. The van der Waals surface area contributed by atoms with Gasteiger partial charge < -0.3 is 4.57 Å². The zero-order valence-corrected chi connectivity index (χ0v) is 39.6. The summed E-state index contributed by atoms with van der Waals surface area (Å²) < 4.78 is 17.9. The summed E-state index contributed by atoms with van der Waals surface area (Å²) in [7, 11) is -3.25. The maximum absolute atomic E-state index is 15.5. The number of fused-ring (bicyclic) bond motifs is 15. The van der Waals surface area contributed by atoms with Crippen LogP contribution in [0.2, 0.25) is 0 Å². The highest BCUT2D eigenvalue weighted by atomic mass is 31.2. The minimum Gasteiger partial charge on any atom is -0.309 e. The van der Waals surface area contributed by atoms with Gasteiger partial charge in [-0.15, -0.1) is 0 Å². The molecule has 0 saturated carbocycles. The lowest BCUT2D eigenvalue weighted by Crippen LogP contribution is -2.26. The van der Waals surface area contributed by atoms with Crippen LogP contribution in [0.15, 0.2) is 223 Å². The first-order valence-corrected chi connectivity index (χ1v) is 25.6. The molecular formula is C64H51N2OP. The van der Waals surface area contributed by atoms with E-state index in [-0.39, 0.29) is 0 Å². The third kappa shape index (κ3) is 6.12. The van der Waals surface area contributed by atoms with Gasteiger partial charge in [0.15, 0.2) is 7.14 Å². The molecule has 4 heteroatoms. The molecule has 1 unspecified atom stereocenters. The number of hydrogen-bond acceptors (Lipinski definition) is 2. The smallest absolute Gasteiger partial charge is 0.170 e. The quantitative estimate of drug-likeness (QED) is 0.0822. The molecule has 3 aliphatic rings. The summed E-state index contributed by atoms with van der Waals surface area (Å²) in [5, 5.41) is 5.84. The van der Waals surface area contributed by atoms with Crippen LogP contribution in [0, 0.1) is 0 Å². The SMILES string of the molecule is C=C(/C=C\C1=C(C)C2(c3cc(-c4ccc(-c5ccc6c7ccccc7n7c8c(nc7c6c5)CCC=C8)cc4)ccc31)c1ccccc1-c1ccccc12)P(=O)(C(/C=C\C)=C/CC)c1ccccc1. The van der Waals surface area contributed by atoms with Crippen LogP contribution in [0.25, 0.3) is 72.4 Å². The van der Waals surface area contributed by atoms with Gasteiger partial charge in [0, 0.05) is 26.7 Å². The number of aromatic nitrogens is 2. The van der Waals surface area contributed by atoms with Crippen molar-refractivity contribution in [1.82, 2.24) is 9.38 Å². The van der Waals surface area contributed by atoms with Crippen LogP contribution < -0.4 is 5.30 Å². The van der Waals surface area contributed by atoms with Crippen molar-refractivity contribution in [3.05, 3.63) is 257 Å². The zero-order valence-electron chi connectivity index (χ0n) is 38.7. The number of para-hydroxylation sites is 1. The summed E-state index contributed by atoms with van der Waals surface area (Å²) >= 11 is 0. The van der Waals surface area contributed by atoms with E-state index in [4.69, 9.17) is 4.98 Å². The number of allylic oxidation sites excluding steroid dienone is 10. The number of rotatable bonds is 9. The Kier molecular flexibility index (Phi) is 10.0. The molecule has 12 rings (SSSR count). The van der Waals surface area contributed by atoms with Crippen LogP contribution in [0.3, 0.4) is 0 Å². The van der Waals surface area contributed by atoms with E-state index in [1.165, 1.54) is 83.1 Å². The molecule has 0 amide bonds. The van der Waals surface area contributed by atoms with Crippen LogP contribution in [0.1, 0.15) is 67.3 Å². The number of hydrogen-bond donors (Lipinski definition) is 0. The van der Waals surface area contributed by atoms with Crippen LogP contribution in [0.4, 0.5) is 0 Å². The monoisotopic (exact) mass is 894 g/mol. The van der Waals surface area contributed by atoms with E-state index in [1.54, 1.807) is 0 Å². The predicted octanol–water partition coefficient (Wildman–Crippen LogP) is 16.7. The van der Waals surface area contributed by atoms with Crippen LogP contribution in [-0.2, 0) is 16.4 Å². The Morgan fingerprint density at radius 1 is 0.691 bits per heavy atom. The van der Waals surface area contributed by atoms with Gasteiger partial charge in [-0.3, -0.25) is 4.40 Å². The number of imidazole rings is 1. The van der Waals surface area contributed by atoms with Gasteiger partial charge in [0.2, 0.25) is 0 Å². The third-order valence-corrected chi connectivity index (χ3v) is 17.8. The Morgan fingerprint density at radius 3 is 2.06 bits per heavy atom. The predicted molar refractivity (Wildman–Crippen MR) is 288 cm³/mol. The van der Waals surface area contributed by atoms with Crippen molar-refractivity contribution in [2.24, 2.45) is 0 Å². The fourth-order valence-electron chi connectivity index (χ4n) is 11.7. The molecule has 1 atom stereocenters. The molecule has 7 aromatic carbocycles. The van der Waals surface area contributed by atoms with Gasteiger partial charge >= 0.3 is 0 Å². The lowest BCUT2D eigenvalue weighted by Gasteiger charge is -2.31. The topological polar surface area (TPSA) is 34.4 Å². The van der Waals surface area contributed by atoms with Crippen molar-refractivity contribution in [3.8, 4) is 33.4 Å². The summed E-state index contributed by atoms with van der Waals surface area (Å²) in [6.07, 6.45) is 17.5. The number of nitrogens with zero attached hydrogens (tertiary/aromatic N) is 2. The van der Waals surface area contributed by atoms with Gasteiger partial charge in [0.25, 0.3) is 0 Å². The molecule has 2 heterocycles. The summed E-state index contributed by atoms with van der Waals surface area (Å²) in [6.45, 7) is 10.9. The molecule has 3 aliphatic carbocycles. The Bertz CT molecular complexity index is 3730. The van der Waals surface area contributed by atoms with E-state index in [1.807, 2.05) is 55.5 Å². The normalized spacial score (nSPS) is 15.7. The van der Waals surface area contributed by atoms with Crippen molar-refractivity contribution in [1.29, 1.82) is 0 Å². The van der Waals surface area contributed by atoms with Gasteiger partial charge in [0.1, 0.15) is 5.65 Å². The van der Waals surface area contributed by atoms with Gasteiger partial charge in [-0.05, 0) is 130 Å². The van der Waals surface area contributed by atoms with E-state index >= 15 is 4.57 Å². The summed E-state index contributed by atoms with van der Waals surface area (Å²) in [4.78, 5) is 5.26.